The van der Waals surface area contributed by atoms with Crippen molar-refractivity contribution in [3.8, 4) is 0 Å². The van der Waals surface area contributed by atoms with Gasteiger partial charge in [-0.15, -0.1) is 0 Å². The van der Waals surface area contributed by atoms with Crippen molar-refractivity contribution in [1.29, 1.82) is 0 Å². The van der Waals surface area contributed by atoms with Gasteiger partial charge < -0.3 is 5.32 Å². The zero-order valence-corrected chi connectivity index (χ0v) is 11.6. The van der Waals surface area contributed by atoms with Gasteiger partial charge >= 0.3 is 0 Å². The largest absolute Gasteiger partial charge is 0.376 e. The van der Waals surface area contributed by atoms with Gasteiger partial charge in [-0.25, -0.2) is 8.78 Å². The number of nitrogens with one attached hydrogen (secondary N) is 1. The highest BCUT2D eigenvalue weighted by atomic mass is 35.5. The number of benzene rings is 2. The molecule has 2 aromatic rings. The van der Waals surface area contributed by atoms with Crippen LogP contribution >= 0.6 is 23.2 Å². The predicted octanol–water partition coefficient (Wildman–Crippen LogP) is 5.44. The van der Waals surface area contributed by atoms with Gasteiger partial charge in [-0.05, 0) is 42.8 Å². The van der Waals surface area contributed by atoms with Gasteiger partial charge in [-0.3, -0.25) is 0 Å². The van der Waals surface area contributed by atoms with Crippen LogP contribution in [0.2, 0.25) is 10.0 Å². The molecular weight excluding hydrogens is 291 g/mol. The average molecular weight is 302 g/mol. The fourth-order valence-corrected chi connectivity index (χ4v) is 1.98. The van der Waals surface area contributed by atoms with Crippen LogP contribution in [0.4, 0.5) is 14.5 Å². The standard InChI is InChI=1S/C14H11Cl2F2N/c1-8(9-2-4-11(16)12(17)6-9)19-14-5-3-10(15)7-13(14)18/h2-8,19H,1H3. The second-order valence-corrected chi connectivity index (χ2v) is 5.01. The van der Waals surface area contributed by atoms with Crippen molar-refractivity contribution in [1.82, 2.24) is 0 Å². The van der Waals surface area contributed by atoms with Crippen molar-refractivity contribution in [2.45, 2.75) is 13.0 Å². The summed E-state index contributed by atoms with van der Waals surface area (Å²) >= 11 is 11.3. The highest BCUT2D eigenvalue weighted by Gasteiger charge is 2.11. The molecule has 19 heavy (non-hydrogen) atoms. The summed E-state index contributed by atoms with van der Waals surface area (Å²) in [4.78, 5) is 0. The van der Waals surface area contributed by atoms with E-state index in [4.69, 9.17) is 23.2 Å². The van der Waals surface area contributed by atoms with Crippen molar-refractivity contribution < 1.29 is 8.78 Å². The maximum atomic E-state index is 13.6. The van der Waals surface area contributed by atoms with Crippen LogP contribution in [0.5, 0.6) is 0 Å². The molecule has 0 aliphatic carbocycles. The number of halogens is 4. The van der Waals surface area contributed by atoms with E-state index in [0.717, 1.165) is 0 Å². The van der Waals surface area contributed by atoms with Crippen molar-refractivity contribution in [2.75, 3.05) is 5.32 Å². The Labute approximate surface area is 120 Å². The fourth-order valence-electron chi connectivity index (χ4n) is 1.70. The van der Waals surface area contributed by atoms with E-state index in [1.165, 1.54) is 18.2 Å². The highest BCUT2D eigenvalue weighted by molar-refractivity contribution is 6.31. The smallest absolute Gasteiger partial charge is 0.147 e. The Balaban J connectivity index is 2.20. The molecule has 0 heterocycles. The van der Waals surface area contributed by atoms with Gasteiger partial charge in [-0.2, -0.15) is 0 Å². The Morgan fingerprint density at radius 2 is 1.74 bits per heavy atom. The molecule has 0 aliphatic rings. The highest BCUT2D eigenvalue weighted by Crippen LogP contribution is 2.25. The quantitative estimate of drug-likeness (QED) is 0.795. The molecule has 1 nitrogen and oxygen atoms in total. The van der Waals surface area contributed by atoms with Gasteiger partial charge in [-0.1, -0.05) is 29.3 Å². The van der Waals surface area contributed by atoms with Gasteiger partial charge in [0.05, 0.1) is 10.7 Å². The van der Waals surface area contributed by atoms with Crippen molar-refractivity contribution in [3.63, 3.8) is 0 Å². The lowest BCUT2D eigenvalue weighted by Crippen LogP contribution is -2.08. The normalized spacial score (nSPS) is 12.3. The molecule has 0 radical (unpaired) electrons. The first-order chi connectivity index (χ1) is 8.97. The van der Waals surface area contributed by atoms with E-state index in [1.807, 2.05) is 0 Å². The summed E-state index contributed by atoms with van der Waals surface area (Å²) in [7, 11) is 0. The van der Waals surface area contributed by atoms with E-state index in [-0.39, 0.29) is 11.1 Å². The summed E-state index contributed by atoms with van der Waals surface area (Å²) in [6.07, 6.45) is 0. The van der Waals surface area contributed by atoms with Gasteiger partial charge in [0, 0.05) is 11.1 Å². The third kappa shape index (κ3) is 3.37. The SMILES string of the molecule is CC(Nc1ccc(Cl)cc1F)c1ccc(Cl)c(F)c1. The Bertz CT molecular complexity index is 602. The molecule has 5 heteroatoms. The number of rotatable bonds is 3. The summed E-state index contributed by atoms with van der Waals surface area (Å²) < 4.78 is 27.0. The topological polar surface area (TPSA) is 12.0 Å². The van der Waals surface area contributed by atoms with E-state index in [0.29, 0.717) is 16.3 Å². The molecule has 0 bridgehead atoms. The van der Waals surface area contributed by atoms with Gasteiger partial charge in [0.2, 0.25) is 0 Å². The number of anilines is 1. The Morgan fingerprint density at radius 1 is 1.00 bits per heavy atom. The molecule has 2 aromatic carbocycles. The summed E-state index contributed by atoms with van der Waals surface area (Å²) in [5.41, 5.74) is 0.989. The molecule has 2 rings (SSSR count). The van der Waals surface area contributed by atoms with E-state index in [2.05, 4.69) is 5.32 Å². The summed E-state index contributed by atoms with van der Waals surface area (Å²) in [6.45, 7) is 1.80. The molecule has 0 saturated carbocycles. The van der Waals surface area contributed by atoms with E-state index >= 15 is 0 Å². The first-order valence-electron chi connectivity index (χ1n) is 5.64. The third-order valence-corrected chi connectivity index (χ3v) is 3.29. The molecule has 1 unspecified atom stereocenters. The first-order valence-corrected chi connectivity index (χ1v) is 6.39. The summed E-state index contributed by atoms with van der Waals surface area (Å²) in [5, 5.41) is 3.35. The maximum Gasteiger partial charge on any atom is 0.147 e. The second kappa shape index (κ2) is 5.76. The Hall–Kier alpha value is -1.32. The van der Waals surface area contributed by atoms with Crippen LogP contribution < -0.4 is 5.32 Å². The lowest BCUT2D eigenvalue weighted by atomic mass is 10.1. The van der Waals surface area contributed by atoms with Crippen LogP contribution in [-0.2, 0) is 0 Å². The molecule has 0 spiro atoms. The monoisotopic (exact) mass is 301 g/mol. The third-order valence-electron chi connectivity index (χ3n) is 2.75. The van der Waals surface area contributed by atoms with Crippen molar-refractivity contribution in [2.24, 2.45) is 0 Å². The van der Waals surface area contributed by atoms with Crippen molar-refractivity contribution >= 4 is 28.9 Å². The maximum absolute atomic E-state index is 13.6. The van der Waals surface area contributed by atoms with Crippen LogP contribution in [0.3, 0.4) is 0 Å². The summed E-state index contributed by atoms with van der Waals surface area (Å²) in [5.74, 6) is -0.946. The lowest BCUT2D eigenvalue weighted by Gasteiger charge is -2.16. The van der Waals surface area contributed by atoms with Gasteiger partial charge in [0.25, 0.3) is 0 Å². The molecule has 0 aromatic heterocycles. The van der Waals surface area contributed by atoms with Crippen LogP contribution in [0.25, 0.3) is 0 Å². The van der Waals surface area contributed by atoms with Crippen LogP contribution in [0.1, 0.15) is 18.5 Å². The average Bonchev–Trinajstić information content (AvgIpc) is 2.36. The Morgan fingerprint density at radius 3 is 2.37 bits per heavy atom. The van der Waals surface area contributed by atoms with Crippen LogP contribution in [0, 0.1) is 11.6 Å². The molecule has 100 valence electrons. The van der Waals surface area contributed by atoms with E-state index in [9.17, 15) is 8.78 Å². The Kier molecular flexibility index (Phi) is 4.27. The van der Waals surface area contributed by atoms with Gasteiger partial charge in [0.15, 0.2) is 0 Å². The molecule has 0 fully saturated rings. The second-order valence-electron chi connectivity index (χ2n) is 4.16. The zero-order valence-electron chi connectivity index (χ0n) is 10.1. The van der Waals surface area contributed by atoms with Crippen molar-refractivity contribution in [3.05, 3.63) is 63.6 Å². The zero-order chi connectivity index (χ0) is 14.0. The molecule has 0 saturated heterocycles. The number of hydrogen-bond donors (Lipinski definition) is 1. The lowest BCUT2D eigenvalue weighted by molar-refractivity contribution is 0.621. The van der Waals surface area contributed by atoms with Crippen LogP contribution in [-0.4, -0.2) is 0 Å². The number of hydrogen-bond acceptors (Lipinski definition) is 1. The minimum absolute atomic E-state index is 0.0635. The molecule has 0 amide bonds. The van der Waals surface area contributed by atoms with E-state index in [1.54, 1.807) is 25.1 Å². The molecule has 0 aliphatic heterocycles. The molecule has 1 N–H and O–H groups in total. The molecular formula is C14H11Cl2F2N. The fraction of sp³-hybridized carbons (Fsp3) is 0.143. The minimum Gasteiger partial charge on any atom is -0.376 e. The molecule has 1 atom stereocenters. The minimum atomic E-state index is -0.496. The summed E-state index contributed by atoms with van der Waals surface area (Å²) in [6, 6.07) is 8.58. The van der Waals surface area contributed by atoms with E-state index < -0.39 is 11.6 Å². The van der Waals surface area contributed by atoms with Crippen LogP contribution in [0.15, 0.2) is 36.4 Å². The van der Waals surface area contributed by atoms with Gasteiger partial charge in [0.1, 0.15) is 11.6 Å². The predicted molar refractivity (Wildman–Crippen MR) is 74.9 cm³/mol. The first kappa shape index (κ1) is 14.1.